The molecule has 0 aliphatic rings. The number of carbonyl (C=O) groups is 1. The van der Waals surface area contributed by atoms with Gasteiger partial charge in [-0.3, -0.25) is 14.9 Å². The van der Waals surface area contributed by atoms with Gasteiger partial charge in [0, 0.05) is 30.7 Å². The first-order valence-corrected chi connectivity index (χ1v) is 9.48. The van der Waals surface area contributed by atoms with E-state index in [1.807, 2.05) is 30.3 Å². The van der Waals surface area contributed by atoms with Crippen molar-refractivity contribution in [2.45, 2.75) is 20.0 Å². The average molecular weight is 433 g/mol. The molecule has 1 amide bonds. The lowest BCUT2D eigenvalue weighted by atomic mass is 10.1. The van der Waals surface area contributed by atoms with Crippen molar-refractivity contribution < 1.29 is 9.72 Å². The highest BCUT2D eigenvalue weighted by molar-refractivity contribution is 6.33. The summed E-state index contributed by atoms with van der Waals surface area (Å²) in [4.78, 5) is 24.9. The molecule has 1 heterocycles. The number of nitro groups is 1. The van der Waals surface area contributed by atoms with Gasteiger partial charge in [-0.05, 0) is 24.1 Å². The SMILES string of the molecule is Cc1nn(Cc2ccccc2)c(Cl)c1C(=O)N(C)Cc1cc([N+](=O)[O-])ccc1Cl. The van der Waals surface area contributed by atoms with Gasteiger partial charge in [0.25, 0.3) is 11.6 Å². The van der Waals surface area contributed by atoms with Crippen molar-refractivity contribution in [3.8, 4) is 0 Å². The van der Waals surface area contributed by atoms with Crippen LogP contribution in [0.2, 0.25) is 10.2 Å². The molecule has 0 fully saturated rings. The predicted octanol–water partition coefficient (Wildman–Crippen LogP) is 4.73. The minimum atomic E-state index is -0.504. The van der Waals surface area contributed by atoms with Crippen molar-refractivity contribution in [2.24, 2.45) is 0 Å². The molecule has 150 valence electrons. The summed E-state index contributed by atoms with van der Waals surface area (Å²) in [6.07, 6.45) is 0. The molecule has 0 bridgehead atoms. The lowest BCUT2D eigenvalue weighted by Gasteiger charge is -2.18. The molecule has 9 heteroatoms. The van der Waals surface area contributed by atoms with Gasteiger partial charge >= 0.3 is 0 Å². The molecule has 0 aliphatic heterocycles. The zero-order chi connectivity index (χ0) is 21.1. The molecular weight excluding hydrogens is 415 g/mol. The van der Waals surface area contributed by atoms with Crippen LogP contribution in [0, 0.1) is 17.0 Å². The molecule has 0 saturated heterocycles. The molecule has 0 spiro atoms. The number of benzene rings is 2. The maximum Gasteiger partial charge on any atom is 0.269 e. The number of carbonyl (C=O) groups excluding carboxylic acids is 1. The van der Waals surface area contributed by atoms with Gasteiger partial charge in [0.1, 0.15) is 5.15 Å². The van der Waals surface area contributed by atoms with E-state index in [4.69, 9.17) is 23.2 Å². The fourth-order valence-electron chi connectivity index (χ4n) is 2.97. The number of nitrogens with zero attached hydrogens (tertiary/aromatic N) is 4. The monoisotopic (exact) mass is 432 g/mol. The fraction of sp³-hybridized carbons (Fsp3) is 0.200. The Bertz CT molecular complexity index is 1070. The first kappa shape index (κ1) is 20.8. The maximum atomic E-state index is 13.0. The van der Waals surface area contributed by atoms with E-state index in [-0.39, 0.29) is 23.3 Å². The molecule has 3 aromatic rings. The van der Waals surface area contributed by atoms with Crippen molar-refractivity contribution in [3.05, 3.63) is 91.2 Å². The molecular formula is C20H18Cl2N4O3. The summed E-state index contributed by atoms with van der Waals surface area (Å²) in [5.74, 6) is -0.339. The van der Waals surface area contributed by atoms with Crippen LogP contribution in [-0.4, -0.2) is 32.6 Å². The summed E-state index contributed by atoms with van der Waals surface area (Å²) in [5.41, 5.74) is 2.20. The normalized spacial score (nSPS) is 10.8. The second-order valence-electron chi connectivity index (χ2n) is 6.59. The topological polar surface area (TPSA) is 81.3 Å². The minimum absolute atomic E-state index is 0.0878. The highest BCUT2D eigenvalue weighted by Gasteiger charge is 2.24. The molecule has 0 atom stereocenters. The van der Waals surface area contributed by atoms with Gasteiger partial charge in [0.15, 0.2) is 0 Å². The number of non-ortho nitro benzene ring substituents is 1. The highest BCUT2D eigenvalue weighted by Crippen LogP contribution is 2.26. The van der Waals surface area contributed by atoms with E-state index in [2.05, 4.69) is 5.10 Å². The molecule has 0 saturated carbocycles. The van der Waals surface area contributed by atoms with Crippen molar-refractivity contribution in [3.63, 3.8) is 0 Å². The smallest absolute Gasteiger partial charge is 0.269 e. The second kappa shape index (κ2) is 8.63. The molecule has 0 aliphatic carbocycles. The lowest BCUT2D eigenvalue weighted by Crippen LogP contribution is -2.27. The number of rotatable bonds is 6. The lowest BCUT2D eigenvalue weighted by molar-refractivity contribution is -0.384. The summed E-state index contributed by atoms with van der Waals surface area (Å²) < 4.78 is 1.58. The van der Waals surface area contributed by atoms with Crippen LogP contribution in [0.1, 0.15) is 27.2 Å². The van der Waals surface area contributed by atoms with Gasteiger partial charge in [-0.25, -0.2) is 4.68 Å². The minimum Gasteiger partial charge on any atom is -0.337 e. The number of nitro benzene ring substituents is 1. The molecule has 0 N–H and O–H groups in total. The van der Waals surface area contributed by atoms with E-state index in [0.717, 1.165) is 5.56 Å². The van der Waals surface area contributed by atoms with Crippen LogP contribution in [0.4, 0.5) is 5.69 Å². The maximum absolute atomic E-state index is 13.0. The third-order valence-electron chi connectivity index (χ3n) is 4.45. The van der Waals surface area contributed by atoms with Crippen molar-refractivity contribution in [1.82, 2.24) is 14.7 Å². The van der Waals surface area contributed by atoms with Crippen molar-refractivity contribution in [2.75, 3.05) is 7.05 Å². The summed E-state index contributed by atoms with van der Waals surface area (Å²) in [7, 11) is 1.59. The van der Waals surface area contributed by atoms with Gasteiger partial charge in [-0.2, -0.15) is 5.10 Å². The number of hydrogen-bond acceptors (Lipinski definition) is 4. The van der Waals surface area contributed by atoms with Crippen LogP contribution >= 0.6 is 23.2 Å². The van der Waals surface area contributed by atoms with E-state index in [1.165, 1.54) is 23.1 Å². The summed E-state index contributed by atoms with van der Waals surface area (Å²) in [5, 5.41) is 16.0. The Labute approximate surface area is 177 Å². The summed E-state index contributed by atoms with van der Waals surface area (Å²) in [6.45, 7) is 2.25. The largest absolute Gasteiger partial charge is 0.337 e. The van der Waals surface area contributed by atoms with Gasteiger partial charge < -0.3 is 4.90 Å². The van der Waals surface area contributed by atoms with Crippen LogP contribution in [0.15, 0.2) is 48.5 Å². The Hall–Kier alpha value is -2.90. The second-order valence-corrected chi connectivity index (χ2v) is 7.35. The number of amides is 1. The fourth-order valence-corrected chi connectivity index (χ4v) is 3.46. The highest BCUT2D eigenvalue weighted by atomic mass is 35.5. The van der Waals surface area contributed by atoms with Crippen LogP contribution in [0.3, 0.4) is 0 Å². The molecule has 2 aromatic carbocycles. The van der Waals surface area contributed by atoms with E-state index in [1.54, 1.807) is 18.7 Å². The Kier molecular flexibility index (Phi) is 6.20. The number of halogens is 2. The van der Waals surface area contributed by atoms with Gasteiger partial charge in [0.05, 0.1) is 22.7 Å². The quantitative estimate of drug-likeness (QED) is 0.416. The van der Waals surface area contributed by atoms with E-state index in [9.17, 15) is 14.9 Å². The molecule has 7 nitrogen and oxygen atoms in total. The Morgan fingerprint density at radius 1 is 1.21 bits per heavy atom. The molecule has 3 rings (SSSR count). The molecule has 29 heavy (non-hydrogen) atoms. The predicted molar refractivity (Wildman–Crippen MR) is 111 cm³/mol. The van der Waals surface area contributed by atoms with Crippen molar-refractivity contribution >= 4 is 34.8 Å². The van der Waals surface area contributed by atoms with E-state index >= 15 is 0 Å². The van der Waals surface area contributed by atoms with Crippen LogP contribution in [-0.2, 0) is 13.1 Å². The Morgan fingerprint density at radius 2 is 1.90 bits per heavy atom. The van der Waals surface area contributed by atoms with E-state index in [0.29, 0.717) is 28.4 Å². The Balaban J connectivity index is 1.83. The first-order chi connectivity index (χ1) is 13.8. The van der Waals surface area contributed by atoms with Gasteiger partial charge in [-0.1, -0.05) is 53.5 Å². The average Bonchev–Trinajstić information content (AvgIpc) is 2.96. The van der Waals surface area contributed by atoms with Gasteiger partial charge in [-0.15, -0.1) is 0 Å². The van der Waals surface area contributed by atoms with Crippen molar-refractivity contribution in [1.29, 1.82) is 0 Å². The molecule has 1 aromatic heterocycles. The number of aryl methyl sites for hydroxylation is 1. The zero-order valence-electron chi connectivity index (χ0n) is 15.8. The standard InChI is InChI=1S/C20H18Cl2N4O3/c1-13-18(19(22)25(23-13)11-14-6-4-3-5-7-14)20(27)24(2)12-15-10-16(26(28)29)8-9-17(15)21/h3-10H,11-12H2,1-2H3. The first-order valence-electron chi connectivity index (χ1n) is 8.73. The third kappa shape index (κ3) is 4.58. The number of hydrogen-bond donors (Lipinski definition) is 0. The third-order valence-corrected chi connectivity index (χ3v) is 5.20. The van der Waals surface area contributed by atoms with Crippen LogP contribution in [0.5, 0.6) is 0 Å². The van der Waals surface area contributed by atoms with E-state index < -0.39 is 4.92 Å². The summed E-state index contributed by atoms with van der Waals surface area (Å²) in [6, 6.07) is 13.8. The summed E-state index contributed by atoms with van der Waals surface area (Å²) >= 11 is 12.6. The van der Waals surface area contributed by atoms with Gasteiger partial charge in [0.2, 0.25) is 0 Å². The molecule has 0 radical (unpaired) electrons. The molecule has 0 unspecified atom stereocenters. The van der Waals surface area contributed by atoms with Crippen LogP contribution < -0.4 is 0 Å². The zero-order valence-corrected chi connectivity index (χ0v) is 17.3. The van der Waals surface area contributed by atoms with Crippen LogP contribution in [0.25, 0.3) is 0 Å². The Morgan fingerprint density at radius 3 is 2.55 bits per heavy atom. The number of aromatic nitrogens is 2.